The number of hydrogen-bond donors (Lipinski definition) is 2. The van der Waals surface area contributed by atoms with E-state index in [1.165, 1.54) is 0 Å². The number of carbonyl (C=O) groups excluding carboxylic acids is 1. The van der Waals surface area contributed by atoms with Gasteiger partial charge >= 0.3 is 0 Å². The molecule has 0 aliphatic heterocycles. The van der Waals surface area contributed by atoms with Gasteiger partial charge in [0.05, 0.1) is 17.9 Å². The molecule has 0 saturated carbocycles. The SMILES string of the molecule is COCc1nc(N)c(C(=O)Nc2cccc(Oc3cccc(I)c3)c2)cc1C. The minimum absolute atomic E-state index is 0.168. The fourth-order valence-electron chi connectivity index (χ4n) is 2.63. The third-order valence-corrected chi connectivity index (χ3v) is 4.67. The van der Waals surface area contributed by atoms with Crippen LogP contribution < -0.4 is 15.8 Å². The van der Waals surface area contributed by atoms with Crippen LogP contribution in [-0.2, 0) is 11.3 Å². The van der Waals surface area contributed by atoms with Crippen molar-refractivity contribution in [2.45, 2.75) is 13.5 Å². The lowest BCUT2D eigenvalue weighted by molar-refractivity contribution is 0.102. The Kier molecular flexibility index (Phi) is 6.48. The summed E-state index contributed by atoms with van der Waals surface area (Å²) < 4.78 is 12.0. The van der Waals surface area contributed by atoms with Crippen LogP contribution in [0.5, 0.6) is 11.5 Å². The number of nitrogens with zero attached hydrogens (tertiary/aromatic N) is 1. The Morgan fingerprint density at radius 3 is 2.57 bits per heavy atom. The molecule has 28 heavy (non-hydrogen) atoms. The molecular weight excluding hydrogens is 469 g/mol. The van der Waals surface area contributed by atoms with Gasteiger partial charge in [-0.05, 0) is 71.5 Å². The van der Waals surface area contributed by atoms with Crippen LogP contribution in [0.1, 0.15) is 21.6 Å². The van der Waals surface area contributed by atoms with E-state index >= 15 is 0 Å². The van der Waals surface area contributed by atoms with Crippen molar-refractivity contribution < 1.29 is 14.3 Å². The standard InChI is InChI=1S/C21H20IN3O3/c1-13-9-18(20(23)25-19(13)12-27-2)21(26)24-15-6-4-8-17(11-15)28-16-7-3-5-14(22)10-16/h3-11H,12H2,1-2H3,(H2,23,25)(H,24,26). The third-order valence-electron chi connectivity index (χ3n) is 4.00. The Balaban J connectivity index is 1.77. The number of aryl methyl sites for hydroxylation is 1. The topological polar surface area (TPSA) is 86.5 Å². The van der Waals surface area contributed by atoms with Gasteiger partial charge in [0.25, 0.3) is 5.91 Å². The number of anilines is 2. The molecule has 144 valence electrons. The number of hydrogen-bond acceptors (Lipinski definition) is 5. The average Bonchev–Trinajstić information content (AvgIpc) is 2.65. The number of ether oxygens (including phenoxy) is 2. The molecule has 0 spiro atoms. The van der Waals surface area contributed by atoms with E-state index in [-0.39, 0.29) is 11.7 Å². The molecule has 3 N–H and O–H groups in total. The second-order valence-corrected chi connectivity index (χ2v) is 7.40. The van der Waals surface area contributed by atoms with Crippen LogP contribution in [0.25, 0.3) is 0 Å². The van der Waals surface area contributed by atoms with Gasteiger partial charge in [-0.1, -0.05) is 12.1 Å². The lowest BCUT2D eigenvalue weighted by atomic mass is 10.1. The lowest BCUT2D eigenvalue weighted by Gasteiger charge is -2.12. The maximum absolute atomic E-state index is 12.7. The van der Waals surface area contributed by atoms with Crippen LogP contribution in [0.4, 0.5) is 11.5 Å². The minimum atomic E-state index is -0.330. The predicted molar refractivity (Wildman–Crippen MR) is 118 cm³/mol. The summed E-state index contributed by atoms with van der Waals surface area (Å²) in [6.45, 7) is 2.21. The van der Waals surface area contributed by atoms with E-state index in [0.717, 1.165) is 14.9 Å². The minimum Gasteiger partial charge on any atom is -0.457 e. The van der Waals surface area contributed by atoms with Crippen molar-refractivity contribution in [3.05, 3.63) is 75.0 Å². The molecule has 0 atom stereocenters. The Labute approximate surface area is 177 Å². The summed E-state index contributed by atoms with van der Waals surface area (Å²) in [7, 11) is 1.59. The summed E-state index contributed by atoms with van der Waals surface area (Å²) in [4.78, 5) is 16.9. The van der Waals surface area contributed by atoms with Crippen molar-refractivity contribution >= 4 is 40.0 Å². The van der Waals surface area contributed by atoms with Gasteiger partial charge in [0.1, 0.15) is 17.3 Å². The molecular formula is C21H20IN3O3. The summed E-state index contributed by atoms with van der Waals surface area (Å²) in [6, 6.07) is 16.6. The maximum atomic E-state index is 12.7. The number of nitrogen functional groups attached to an aromatic ring is 1. The fourth-order valence-corrected chi connectivity index (χ4v) is 3.15. The van der Waals surface area contributed by atoms with E-state index in [1.807, 2.05) is 43.3 Å². The van der Waals surface area contributed by atoms with E-state index in [2.05, 4.69) is 32.9 Å². The van der Waals surface area contributed by atoms with Crippen molar-refractivity contribution in [3.8, 4) is 11.5 Å². The second-order valence-electron chi connectivity index (χ2n) is 6.16. The molecule has 1 amide bonds. The number of pyridine rings is 1. The summed E-state index contributed by atoms with van der Waals surface area (Å²) in [5, 5.41) is 2.84. The summed E-state index contributed by atoms with van der Waals surface area (Å²) in [6.07, 6.45) is 0. The highest BCUT2D eigenvalue weighted by molar-refractivity contribution is 14.1. The van der Waals surface area contributed by atoms with Crippen molar-refractivity contribution in [3.63, 3.8) is 0 Å². The summed E-state index contributed by atoms with van der Waals surface area (Å²) in [5.74, 6) is 1.19. The Hall–Kier alpha value is -2.65. The zero-order valence-corrected chi connectivity index (χ0v) is 17.7. The lowest BCUT2D eigenvalue weighted by Crippen LogP contribution is -2.16. The van der Waals surface area contributed by atoms with Gasteiger partial charge in [-0.3, -0.25) is 4.79 Å². The molecule has 0 saturated heterocycles. The van der Waals surface area contributed by atoms with Crippen LogP contribution in [0.15, 0.2) is 54.6 Å². The number of aromatic nitrogens is 1. The highest BCUT2D eigenvalue weighted by Crippen LogP contribution is 2.26. The number of rotatable bonds is 6. The van der Waals surface area contributed by atoms with Gasteiger partial charge in [0, 0.05) is 22.4 Å². The number of amides is 1. The van der Waals surface area contributed by atoms with Crippen LogP contribution in [0.3, 0.4) is 0 Å². The average molecular weight is 489 g/mol. The van der Waals surface area contributed by atoms with E-state index in [1.54, 1.807) is 25.3 Å². The van der Waals surface area contributed by atoms with Gasteiger partial charge < -0.3 is 20.5 Å². The molecule has 0 aliphatic carbocycles. The number of carbonyl (C=O) groups is 1. The van der Waals surface area contributed by atoms with Gasteiger partial charge in [-0.2, -0.15) is 0 Å². The molecule has 0 bridgehead atoms. The van der Waals surface area contributed by atoms with Crippen molar-refractivity contribution in [1.82, 2.24) is 4.98 Å². The highest BCUT2D eigenvalue weighted by Gasteiger charge is 2.14. The van der Waals surface area contributed by atoms with Gasteiger partial charge in [-0.15, -0.1) is 0 Å². The molecule has 1 aromatic heterocycles. The van der Waals surface area contributed by atoms with Crippen molar-refractivity contribution in [2.24, 2.45) is 0 Å². The van der Waals surface area contributed by atoms with Crippen molar-refractivity contribution in [2.75, 3.05) is 18.2 Å². The van der Waals surface area contributed by atoms with Crippen LogP contribution in [0.2, 0.25) is 0 Å². The zero-order chi connectivity index (χ0) is 20.1. The van der Waals surface area contributed by atoms with E-state index in [4.69, 9.17) is 15.2 Å². The maximum Gasteiger partial charge on any atom is 0.259 e. The second kappa shape index (κ2) is 9.03. The largest absolute Gasteiger partial charge is 0.457 e. The molecule has 0 aliphatic rings. The summed E-state index contributed by atoms with van der Waals surface area (Å²) >= 11 is 2.23. The van der Waals surface area contributed by atoms with E-state index in [9.17, 15) is 4.79 Å². The first-order chi connectivity index (χ1) is 13.5. The number of nitrogens with one attached hydrogen (secondary N) is 1. The number of nitrogens with two attached hydrogens (primary N) is 1. The quantitative estimate of drug-likeness (QED) is 0.488. The van der Waals surface area contributed by atoms with Gasteiger partial charge in [-0.25, -0.2) is 4.98 Å². The first-order valence-corrected chi connectivity index (χ1v) is 9.64. The molecule has 2 aromatic carbocycles. The molecule has 3 rings (SSSR count). The fraction of sp³-hybridized carbons (Fsp3) is 0.143. The van der Waals surface area contributed by atoms with Crippen LogP contribution in [0, 0.1) is 10.5 Å². The zero-order valence-electron chi connectivity index (χ0n) is 15.5. The van der Waals surface area contributed by atoms with Crippen LogP contribution >= 0.6 is 22.6 Å². The molecule has 1 heterocycles. The predicted octanol–water partition coefficient (Wildman–Crippen LogP) is 4.77. The monoisotopic (exact) mass is 489 g/mol. The molecule has 0 fully saturated rings. The smallest absolute Gasteiger partial charge is 0.259 e. The highest BCUT2D eigenvalue weighted by atomic mass is 127. The number of halogens is 1. The Bertz CT molecular complexity index is 1010. The summed E-state index contributed by atoms with van der Waals surface area (Å²) in [5.41, 5.74) is 8.45. The molecule has 6 nitrogen and oxygen atoms in total. The van der Waals surface area contributed by atoms with E-state index in [0.29, 0.717) is 29.3 Å². The molecule has 7 heteroatoms. The number of benzene rings is 2. The van der Waals surface area contributed by atoms with Gasteiger partial charge in [0.15, 0.2) is 0 Å². The Morgan fingerprint density at radius 1 is 1.14 bits per heavy atom. The van der Waals surface area contributed by atoms with Gasteiger partial charge in [0.2, 0.25) is 0 Å². The van der Waals surface area contributed by atoms with Crippen LogP contribution in [-0.4, -0.2) is 18.0 Å². The third kappa shape index (κ3) is 4.99. The first kappa shape index (κ1) is 20.1. The molecule has 3 aromatic rings. The molecule has 0 unspecified atom stereocenters. The normalized spacial score (nSPS) is 10.5. The van der Waals surface area contributed by atoms with Crippen molar-refractivity contribution in [1.29, 1.82) is 0 Å². The van der Waals surface area contributed by atoms with E-state index < -0.39 is 0 Å². The molecule has 0 radical (unpaired) electrons. The Morgan fingerprint density at radius 2 is 1.86 bits per heavy atom. The first-order valence-electron chi connectivity index (χ1n) is 8.56. The number of methoxy groups -OCH3 is 1.